The number of benzene rings is 1. The molecule has 6 heteroatoms. The maximum Gasteiger partial charge on any atom is 0.273 e. The molecule has 0 spiro atoms. The third kappa shape index (κ3) is 4.26. The molecule has 0 radical (unpaired) electrons. The quantitative estimate of drug-likeness (QED) is 0.815. The molecule has 6 nitrogen and oxygen atoms in total. The van der Waals surface area contributed by atoms with Gasteiger partial charge in [0.2, 0.25) is 0 Å². The van der Waals surface area contributed by atoms with Crippen molar-refractivity contribution in [2.75, 3.05) is 25.4 Å². The number of nitrogens with two attached hydrogens (primary N) is 1. The second-order valence-corrected chi connectivity index (χ2v) is 5.15. The molecule has 23 heavy (non-hydrogen) atoms. The number of nitrogens with zero attached hydrogens (tertiary/aromatic N) is 3. The van der Waals surface area contributed by atoms with Gasteiger partial charge in [-0.3, -0.25) is 9.69 Å². The molecule has 1 heterocycles. The van der Waals surface area contributed by atoms with Gasteiger partial charge in [0, 0.05) is 18.9 Å². The van der Waals surface area contributed by atoms with E-state index in [1.54, 1.807) is 0 Å². The Morgan fingerprint density at radius 2 is 1.83 bits per heavy atom. The minimum Gasteiger partial charge on any atom is -0.382 e. The molecule has 122 valence electrons. The van der Waals surface area contributed by atoms with Gasteiger partial charge in [0.05, 0.1) is 6.04 Å². The summed E-state index contributed by atoms with van der Waals surface area (Å²) in [4.78, 5) is 22.5. The van der Waals surface area contributed by atoms with Crippen LogP contribution in [0.15, 0.2) is 42.7 Å². The van der Waals surface area contributed by atoms with E-state index in [4.69, 9.17) is 5.73 Å². The number of hydrogen-bond acceptors (Lipinski definition) is 5. The molecule has 0 bridgehead atoms. The molecule has 0 aliphatic carbocycles. The number of amides is 1. The Balaban J connectivity index is 2.12. The van der Waals surface area contributed by atoms with E-state index in [1.807, 2.05) is 18.2 Å². The fraction of sp³-hybridized carbons (Fsp3) is 0.353. The molecule has 3 N–H and O–H groups in total. The van der Waals surface area contributed by atoms with E-state index in [-0.39, 0.29) is 23.5 Å². The van der Waals surface area contributed by atoms with Crippen molar-refractivity contribution in [3.8, 4) is 0 Å². The van der Waals surface area contributed by atoms with Crippen LogP contribution in [0.5, 0.6) is 0 Å². The van der Waals surface area contributed by atoms with Crippen molar-refractivity contribution < 1.29 is 4.79 Å². The normalized spacial score (nSPS) is 12.1. The summed E-state index contributed by atoms with van der Waals surface area (Å²) >= 11 is 0. The Bertz CT molecular complexity index is 628. The van der Waals surface area contributed by atoms with Gasteiger partial charge in [-0.1, -0.05) is 44.2 Å². The van der Waals surface area contributed by atoms with Crippen molar-refractivity contribution in [3.63, 3.8) is 0 Å². The molecule has 1 amide bonds. The average Bonchev–Trinajstić information content (AvgIpc) is 2.59. The second kappa shape index (κ2) is 8.24. The number of nitrogen functional groups attached to an aromatic ring is 1. The number of aromatic nitrogens is 2. The van der Waals surface area contributed by atoms with Crippen molar-refractivity contribution in [3.05, 3.63) is 54.0 Å². The zero-order valence-electron chi connectivity index (χ0n) is 13.6. The molecular formula is C17H23N5O. The van der Waals surface area contributed by atoms with Gasteiger partial charge in [0.15, 0.2) is 11.5 Å². The topological polar surface area (TPSA) is 84.1 Å². The molecule has 1 atom stereocenters. The lowest BCUT2D eigenvalue weighted by molar-refractivity contribution is 0.0930. The molecule has 1 aromatic carbocycles. The van der Waals surface area contributed by atoms with Gasteiger partial charge >= 0.3 is 0 Å². The number of carbonyl (C=O) groups is 1. The summed E-state index contributed by atoms with van der Waals surface area (Å²) in [6.07, 6.45) is 2.93. The second-order valence-electron chi connectivity index (χ2n) is 5.15. The predicted molar refractivity (Wildman–Crippen MR) is 90.9 cm³/mol. The minimum absolute atomic E-state index is 0.105. The van der Waals surface area contributed by atoms with E-state index < -0.39 is 0 Å². The van der Waals surface area contributed by atoms with Crippen molar-refractivity contribution in [1.82, 2.24) is 20.2 Å². The third-order valence-electron chi connectivity index (χ3n) is 3.84. The molecule has 1 aromatic heterocycles. The zero-order chi connectivity index (χ0) is 16.7. The van der Waals surface area contributed by atoms with Gasteiger partial charge in [-0.15, -0.1) is 0 Å². The molecule has 0 unspecified atom stereocenters. The van der Waals surface area contributed by atoms with Gasteiger partial charge in [0.1, 0.15) is 0 Å². The Kier molecular flexibility index (Phi) is 6.05. The Morgan fingerprint density at radius 3 is 2.43 bits per heavy atom. The van der Waals surface area contributed by atoms with Gasteiger partial charge in [0.25, 0.3) is 5.91 Å². The highest BCUT2D eigenvalue weighted by Gasteiger charge is 2.20. The van der Waals surface area contributed by atoms with Crippen LogP contribution in [0, 0.1) is 0 Å². The molecule has 0 fully saturated rings. The Hall–Kier alpha value is -2.47. The average molecular weight is 313 g/mol. The molecule has 2 rings (SSSR count). The van der Waals surface area contributed by atoms with Crippen LogP contribution in [-0.4, -0.2) is 40.4 Å². The van der Waals surface area contributed by atoms with Crippen LogP contribution in [-0.2, 0) is 0 Å². The van der Waals surface area contributed by atoms with Crippen molar-refractivity contribution in [2.24, 2.45) is 0 Å². The van der Waals surface area contributed by atoms with Crippen molar-refractivity contribution >= 4 is 11.7 Å². The largest absolute Gasteiger partial charge is 0.382 e. The summed E-state index contributed by atoms with van der Waals surface area (Å²) in [6.45, 7) is 6.52. The predicted octanol–water partition coefficient (Wildman–Crippen LogP) is 1.87. The van der Waals surface area contributed by atoms with Gasteiger partial charge in [-0.05, 0) is 18.7 Å². The van der Waals surface area contributed by atoms with Crippen LogP contribution >= 0.6 is 0 Å². The van der Waals surface area contributed by atoms with E-state index >= 15 is 0 Å². The lowest BCUT2D eigenvalue weighted by Crippen LogP contribution is -2.38. The van der Waals surface area contributed by atoms with E-state index in [0.717, 1.165) is 13.1 Å². The third-order valence-corrected chi connectivity index (χ3v) is 3.84. The molecule has 2 aromatic rings. The summed E-state index contributed by atoms with van der Waals surface area (Å²) in [5.74, 6) is -0.159. The number of nitrogens with one attached hydrogen (secondary N) is 1. The highest BCUT2D eigenvalue weighted by Crippen LogP contribution is 2.19. The van der Waals surface area contributed by atoms with E-state index in [1.165, 1.54) is 18.0 Å². The van der Waals surface area contributed by atoms with Crippen LogP contribution in [0.1, 0.15) is 35.9 Å². The van der Waals surface area contributed by atoms with E-state index in [2.05, 4.69) is 46.2 Å². The first-order valence-electron chi connectivity index (χ1n) is 7.81. The minimum atomic E-state index is -0.302. The van der Waals surface area contributed by atoms with Gasteiger partial charge < -0.3 is 11.1 Å². The highest BCUT2D eigenvalue weighted by atomic mass is 16.1. The SMILES string of the molecule is CCN(CC)[C@@H](CNC(=O)c1nccnc1N)c1ccccc1. The van der Waals surface area contributed by atoms with Crippen LogP contribution in [0.25, 0.3) is 0 Å². The first-order chi connectivity index (χ1) is 11.2. The number of carbonyl (C=O) groups excluding carboxylic acids is 1. The lowest BCUT2D eigenvalue weighted by Gasteiger charge is -2.30. The monoisotopic (exact) mass is 313 g/mol. The summed E-state index contributed by atoms with van der Waals surface area (Å²) in [5.41, 5.74) is 7.04. The smallest absolute Gasteiger partial charge is 0.273 e. The fourth-order valence-corrected chi connectivity index (χ4v) is 2.59. The van der Waals surface area contributed by atoms with Crippen molar-refractivity contribution in [2.45, 2.75) is 19.9 Å². The van der Waals surface area contributed by atoms with Gasteiger partial charge in [-0.25, -0.2) is 9.97 Å². The zero-order valence-corrected chi connectivity index (χ0v) is 13.6. The number of hydrogen-bond donors (Lipinski definition) is 2. The maximum atomic E-state index is 12.3. The summed E-state index contributed by atoms with van der Waals surface area (Å²) in [7, 11) is 0. The van der Waals surface area contributed by atoms with Gasteiger partial charge in [-0.2, -0.15) is 0 Å². The first kappa shape index (κ1) is 16.9. The summed E-state index contributed by atoms with van der Waals surface area (Å²) in [5, 5.41) is 2.92. The molecule has 0 saturated heterocycles. The number of rotatable bonds is 7. The Morgan fingerprint density at radius 1 is 1.17 bits per heavy atom. The van der Waals surface area contributed by atoms with Crippen LogP contribution < -0.4 is 11.1 Å². The molecule has 0 aliphatic heterocycles. The molecule has 0 aliphatic rings. The van der Waals surface area contributed by atoms with E-state index in [0.29, 0.717) is 6.54 Å². The summed E-state index contributed by atoms with van der Waals surface area (Å²) in [6, 6.07) is 10.3. The van der Waals surface area contributed by atoms with Crippen LogP contribution in [0.2, 0.25) is 0 Å². The summed E-state index contributed by atoms with van der Waals surface area (Å²) < 4.78 is 0. The molecule has 0 saturated carbocycles. The lowest BCUT2D eigenvalue weighted by atomic mass is 10.1. The van der Waals surface area contributed by atoms with Crippen LogP contribution in [0.3, 0.4) is 0 Å². The van der Waals surface area contributed by atoms with Crippen LogP contribution in [0.4, 0.5) is 5.82 Å². The standard InChI is InChI=1S/C17H23N5O/c1-3-22(4-2)14(13-8-6-5-7-9-13)12-21-17(23)15-16(18)20-11-10-19-15/h5-11,14H,3-4,12H2,1-2H3,(H2,18,20)(H,21,23)/t14-/m0/s1. The fourth-order valence-electron chi connectivity index (χ4n) is 2.59. The number of likely N-dealkylation sites (N-methyl/N-ethyl adjacent to an activating group) is 1. The number of anilines is 1. The molecular weight excluding hydrogens is 290 g/mol. The van der Waals surface area contributed by atoms with E-state index in [9.17, 15) is 4.79 Å². The maximum absolute atomic E-state index is 12.3. The first-order valence-corrected chi connectivity index (χ1v) is 7.81. The van der Waals surface area contributed by atoms with Crippen molar-refractivity contribution in [1.29, 1.82) is 0 Å². The highest BCUT2D eigenvalue weighted by molar-refractivity contribution is 5.96. The Labute approximate surface area is 136 Å².